The first-order valence-electron chi connectivity index (χ1n) is 9.60. The number of piperidine rings is 1. The number of hydrogen-bond donors (Lipinski definition) is 3. The van der Waals surface area contributed by atoms with Crippen LogP contribution in [-0.2, 0) is 0 Å². The highest BCUT2D eigenvalue weighted by molar-refractivity contribution is 5.97. The van der Waals surface area contributed by atoms with E-state index in [0.717, 1.165) is 35.4 Å². The molecule has 5 rings (SSSR count). The second-order valence-electron chi connectivity index (χ2n) is 7.37. The molecule has 3 heterocycles. The maximum absolute atomic E-state index is 12.5. The molecular weight excluding hydrogens is 338 g/mol. The predicted octanol–water partition coefficient (Wildman–Crippen LogP) is 3.30. The lowest BCUT2D eigenvalue weighted by atomic mass is 9.89. The Morgan fingerprint density at radius 2 is 1.78 bits per heavy atom. The van der Waals surface area contributed by atoms with Crippen molar-refractivity contribution in [1.82, 2.24) is 20.6 Å². The molecule has 2 saturated heterocycles. The quantitative estimate of drug-likeness (QED) is 0.670. The summed E-state index contributed by atoms with van der Waals surface area (Å²) in [5.41, 5.74) is 5.29. The number of fused-ring (bicyclic) bond motifs is 1. The molecule has 0 radical (unpaired) electrons. The van der Waals surface area contributed by atoms with Gasteiger partial charge in [-0.1, -0.05) is 24.3 Å². The SMILES string of the molecule is O=C1NC[C@H](c2ccc(C3CCNCC3)cc2)N1c1ccc2nc[nH]c2c1. The summed E-state index contributed by atoms with van der Waals surface area (Å²) in [5, 5.41) is 6.41. The molecule has 0 bridgehead atoms. The van der Waals surface area contributed by atoms with Gasteiger partial charge in [0, 0.05) is 12.2 Å². The molecule has 3 aromatic rings. The van der Waals surface area contributed by atoms with E-state index in [4.69, 9.17) is 0 Å². The number of carbonyl (C=O) groups excluding carboxylic acids is 1. The number of urea groups is 1. The number of nitrogens with zero attached hydrogens (tertiary/aromatic N) is 2. The van der Waals surface area contributed by atoms with Gasteiger partial charge >= 0.3 is 6.03 Å². The van der Waals surface area contributed by atoms with Gasteiger partial charge in [-0.25, -0.2) is 9.78 Å². The molecule has 0 aliphatic carbocycles. The molecule has 1 aromatic heterocycles. The summed E-state index contributed by atoms with van der Waals surface area (Å²) in [6, 6.07) is 14.7. The van der Waals surface area contributed by atoms with Gasteiger partial charge in [-0.05, 0) is 61.2 Å². The lowest BCUT2D eigenvalue weighted by molar-refractivity contribution is 0.251. The number of aromatic amines is 1. The van der Waals surface area contributed by atoms with Crippen LogP contribution in [0.2, 0.25) is 0 Å². The second kappa shape index (κ2) is 6.70. The molecule has 138 valence electrons. The van der Waals surface area contributed by atoms with Gasteiger partial charge in [0.2, 0.25) is 0 Å². The summed E-state index contributed by atoms with van der Waals surface area (Å²) in [6.45, 7) is 2.81. The van der Waals surface area contributed by atoms with Crippen LogP contribution in [0.3, 0.4) is 0 Å². The Kier molecular flexibility index (Phi) is 4.05. The molecule has 2 fully saturated rings. The molecule has 2 aromatic carbocycles. The van der Waals surface area contributed by atoms with Gasteiger partial charge in [-0.3, -0.25) is 4.90 Å². The Morgan fingerprint density at radius 3 is 2.59 bits per heavy atom. The molecule has 2 aliphatic heterocycles. The van der Waals surface area contributed by atoms with Gasteiger partial charge in [0.15, 0.2) is 0 Å². The number of anilines is 1. The smallest absolute Gasteiger partial charge is 0.322 e. The number of imidazole rings is 1. The number of aromatic nitrogens is 2. The van der Waals surface area contributed by atoms with Crippen LogP contribution in [0.25, 0.3) is 11.0 Å². The minimum absolute atomic E-state index is 0.0000519. The Morgan fingerprint density at radius 1 is 1.00 bits per heavy atom. The summed E-state index contributed by atoms with van der Waals surface area (Å²) in [7, 11) is 0. The van der Waals surface area contributed by atoms with Gasteiger partial charge < -0.3 is 15.6 Å². The monoisotopic (exact) mass is 361 g/mol. The lowest BCUT2D eigenvalue weighted by Crippen LogP contribution is -2.29. The van der Waals surface area contributed by atoms with E-state index >= 15 is 0 Å². The van der Waals surface area contributed by atoms with E-state index in [1.807, 2.05) is 23.1 Å². The fraction of sp³-hybridized carbons (Fsp3) is 0.333. The number of rotatable bonds is 3. The predicted molar refractivity (Wildman–Crippen MR) is 106 cm³/mol. The first-order valence-corrected chi connectivity index (χ1v) is 9.60. The van der Waals surface area contributed by atoms with E-state index in [2.05, 4.69) is 44.9 Å². The zero-order chi connectivity index (χ0) is 18.2. The highest BCUT2D eigenvalue weighted by atomic mass is 16.2. The third-order valence-electron chi connectivity index (χ3n) is 5.79. The van der Waals surface area contributed by atoms with Crippen LogP contribution in [0.4, 0.5) is 10.5 Å². The first kappa shape index (κ1) is 16.3. The fourth-order valence-corrected chi connectivity index (χ4v) is 4.29. The van der Waals surface area contributed by atoms with E-state index in [0.29, 0.717) is 12.5 Å². The number of carbonyl (C=O) groups is 1. The van der Waals surface area contributed by atoms with Crippen molar-refractivity contribution in [3.05, 3.63) is 59.9 Å². The number of hydrogen-bond acceptors (Lipinski definition) is 3. The van der Waals surface area contributed by atoms with Gasteiger partial charge in [0.05, 0.1) is 23.4 Å². The Hall–Kier alpha value is -2.86. The zero-order valence-corrected chi connectivity index (χ0v) is 15.1. The molecule has 2 amide bonds. The summed E-state index contributed by atoms with van der Waals surface area (Å²) in [6.07, 6.45) is 4.06. The molecule has 0 spiro atoms. The zero-order valence-electron chi connectivity index (χ0n) is 15.1. The Bertz CT molecular complexity index is 958. The normalized spacial score (nSPS) is 21.0. The molecule has 3 N–H and O–H groups in total. The average molecular weight is 361 g/mol. The molecular formula is C21H23N5O. The van der Waals surface area contributed by atoms with E-state index in [1.54, 1.807) is 6.33 Å². The van der Waals surface area contributed by atoms with Crippen molar-refractivity contribution in [2.45, 2.75) is 24.8 Å². The lowest BCUT2D eigenvalue weighted by Gasteiger charge is -2.25. The van der Waals surface area contributed by atoms with Gasteiger partial charge in [-0.2, -0.15) is 0 Å². The molecule has 6 nitrogen and oxygen atoms in total. The third kappa shape index (κ3) is 2.96. The fourth-order valence-electron chi connectivity index (χ4n) is 4.29. The average Bonchev–Trinajstić information content (AvgIpc) is 3.34. The molecule has 0 saturated carbocycles. The van der Waals surface area contributed by atoms with Crippen LogP contribution in [-0.4, -0.2) is 35.6 Å². The molecule has 6 heteroatoms. The number of amides is 2. The van der Waals surface area contributed by atoms with E-state index in [9.17, 15) is 4.79 Å². The molecule has 2 aliphatic rings. The van der Waals surface area contributed by atoms with Gasteiger partial charge in [-0.15, -0.1) is 0 Å². The van der Waals surface area contributed by atoms with Crippen LogP contribution in [0, 0.1) is 0 Å². The molecule has 1 atom stereocenters. The molecule has 27 heavy (non-hydrogen) atoms. The van der Waals surface area contributed by atoms with E-state index in [-0.39, 0.29) is 12.1 Å². The van der Waals surface area contributed by atoms with Crippen molar-refractivity contribution in [2.75, 3.05) is 24.5 Å². The molecule has 0 unspecified atom stereocenters. The number of nitrogens with one attached hydrogen (secondary N) is 3. The van der Waals surface area contributed by atoms with Gasteiger partial charge in [0.1, 0.15) is 0 Å². The minimum Gasteiger partial charge on any atom is -0.345 e. The van der Waals surface area contributed by atoms with Crippen LogP contribution in [0.1, 0.15) is 35.9 Å². The van der Waals surface area contributed by atoms with Crippen molar-refractivity contribution in [3.63, 3.8) is 0 Å². The van der Waals surface area contributed by atoms with Crippen molar-refractivity contribution in [1.29, 1.82) is 0 Å². The number of benzene rings is 2. The van der Waals surface area contributed by atoms with Crippen molar-refractivity contribution in [3.8, 4) is 0 Å². The van der Waals surface area contributed by atoms with Crippen molar-refractivity contribution < 1.29 is 4.79 Å². The standard InChI is InChI=1S/C21H23N5O/c27-21-23-12-20(26(21)17-5-6-18-19(11-17)25-13-24-18)16-3-1-14(2-4-16)15-7-9-22-10-8-15/h1-6,11,13,15,20,22H,7-10,12H2,(H,23,27)(H,24,25)/t20-/m1/s1. The maximum atomic E-state index is 12.5. The second-order valence-corrected chi connectivity index (χ2v) is 7.37. The van der Waals surface area contributed by atoms with Gasteiger partial charge in [0.25, 0.3) is 0 Å². The largest absolute Gasteiger partial charge is 0.345 e. The summed E-state index contributed by atoms with van der Waals surface area (Å²) in [4.78, 5) is 21.8. The van der Waals surface area contributed by atoms with Crippen molar-refractivity contribution >= 4 is 22.8 Å². The van der Waals surface area contributed by atoms with Crippen LogP contribution >= 0.6 is 0 Å². The summed E-state index contributed by atoms with van der Waals surface area (Å²) in [5.74, 6) is 0.641. The Balaban J connectivity index is 1.43. The topological polar surface area (TPSA) is 73.1 Å². The highest BCUT2D eigenvalue weighted by Gasteiger charge is 2.33. The minimum atomic E-state index is -0.0544. The van der Waals surface area contributed by atoms with Crippen molar-refractivity contribution in [2.24, 2.45) is 0 Å². The van der Waals surface area contributed by atoms with Crippen LogP contribution in [0.15, 0.2) is 48.8 Å². The Labute approximate surface area is 158 Å². The van der Waals surface area contributed by atoms with E-state index in [1.165, 1.54) is 18.4 Å². The van der Waals surface area contributed by atoms with E-state index < -0.39 is 0 Å². The first-order chi connectivity index (χ1) is 13.3. The summed E-state index contributed by atoms with van der Waals surface area (Å²) < 4.78 is 0. The van der Waals surface area contributed by atoms with Crippen LogP contribution in [0.5, 0.6) is 0 Å². The summed E-state index contributed by atoms with van der Waals surface area (Å²) >= 11 is 0. The highest BCUT2D eigenvalue weighted by Crippen LogP contribution is 2.33. The maximum Gasteiger partial charge on any atom is 0.322 e. The van der Waals surface area contributed by atoms with Crippen LogP contribution < -0.4 is 15.5 Å². The number of H-pyrrole nitrogens is 1. The third-order valence-corrected chi connectivity index (χ3v) is 5.79.